The maximum Gasteiger partial charge on any atom is 0.224 e. The topological polar surface area (TPSA) is 90.0 Å². The summed E-state index contributed by atoms with van der Waals surface area (Å²) in [7, 11) is 0. The fraction of sp³-hybridized carbons (Fsp3) is 0.286. The maximum atomic E-state index is 13.2. The van der Waals surface area contributed by atoms with E-state index in [1.807, 2.05) is 32.9 Å². The lowest BCUT2D eigenvalue weighted by atomic mass is 10.1. The number of carbonyl (C=O) groups excluding carboxylic acids is 1. The fourth-order valence-corrected chi connectivity index (χ4v) is 3.48. The minimum absolute atomic E-state index is 0.129. The average molecular weight is 407 g/mol. The molecule has 1 amide bonds. The number of hydrogen-bond acceptors (Lipinski definition) is 5. The zero-order chi connectivity index (χ0) is 21.4. The highest BCUT2D eigenvalue weighted by Gasteiger charge is 2.16. The Morgan fingerprint density at radius 2 is 1.87 bits per heavy atom. The third-order valence-electron chi connectivity index (χ3n) is 5.13. The molecule has 1 N–H and O–H groups in total. The molecule has 8 nitrogen and oxygen atoms in total. The quantitative estimate of drug-likeness (QED) is 0.548. The number of aromatic nitrogens is 6. The number of benzene rings is 1. The molecule has 0 spiro atoms. The van der Waals surface area contributed by atoms with E-state index in [9.17, 15) is 9.18 Å². The minimum Gasteiger partial charge on any atom is -0.326 e. The van der Waals surface area contributed by atoms with Gasteiger partial charge in [-0.15, -0.1) is 15.3 Å². The standard InChI is InChI=1S/C21H22FN7O/c1-12-11-16(22)5-7-18(12)23-21(30)10-6-17-13(2)26-28(14(17)3)20-9-8-19-25-24-15(4)29(19)27-20/h5,7-9,11H,6,10H2,1-4H3,(H,23,30). The van der Waals surface area contributed by atoms with Crippen molar-refractivity contribution in [3.05, 3.63) is 64.5 Å². The van der Waals surface area contributed by atoms with Gasteiger partial charge in [0.1, 0.15) is 5.82 Å². The van der Waals surface area contributed by atoms with E-state index >= 15 is 0 Å². The molecule has 4 aromatic rings. The van der Waals surface area contributed by atoms with Crippen molar-refractivity contribution < 1.29 is 9.18 Å². The summed E-state index contributed by atoms with van der Waals surface area (Å²) in [6.45, 7) is 7.48. The smallest absolute Gasteiger partial charge is 0.224 e. The molecule has 0 saturated carbocycles. The number of anilines is 1. The van der Waals surface area contributed by atoms with Crippen LogP contribution in [0.15, 0.2) is 30.3 Å². The molecule has 0 bridgehead atoms. The van der Waals surface area contributed by atoms with Gasteiger partial charge in [0.05, 0.1) is 5.69 Å². The second kappa shape index (κ2) is 7.66. The normalized spacial score (nSPS) is 11.2. The van der Waals surface area contributed by atoms with Crippen molar-refractivity contribution in [3.8, 4) is 5.82 Å². The number of nitrogens with zero attached hydrogens (tertiary/aromatic N) is 6. The van der Waals surface area contributed by atoms with Crippen LogP contribution in [0.3, 0.4) is 0 Å². The van der Waals surface area contributed by atoms with Crippen LogP contribution >= 0.6 is 0 Å². The number of rotatable bonds is 5. The van der Waals surface area contributed by atoms with Crippen LogP contribution in [0, 0.1) is 33.5 Å². The summed E-state index contributed by atoms with van der Waals surface area (Å²) in [5.74, 6) is 0.901. The third kappa shape index (κ3) is 3.66. The number of amides is 1. The second-order valence-electron chi connectivity index (χ2n) is 7.28. The summed E-state index contributed by atoms with van der Waals surface area (Å²) in [6, 6.07) is 8.00. The Labute approximate surface area is 172 Å². The van der Waals surface area contributed by atoms with Gasteiger partial charge in [0.15, 0.2) is 17.3 Å². The van der Waals surface area contributed by atoms with Gasteiger partial charge in [-0.25, -0.2) is 9.07 Å². The van der Waals surface area contributed by atoms with Crippen LogP contribution in [0.2, 0.25) is 0 Å². The first-order chi connectivity index (χ1) is 14.3. The summed E-state index contributed by atoms with van der Waals surface area (Å²) in [5.41, 5.74) is 4.76. The van der Waals surface area contributed by atoms with Gasteiger partial charge in [-0.05, 0) is 75.6 Å². The lowest BCUT2D eigenvalue weighted by Gasteiger charge is -2.09. The first-order valence-corrected chi connectivity index (χ1v) is 9.64. The van der Waals surface area contributed by atoms with Gasteiger partial charge >= 0.3 is 0 Å². The molecule has 0 aliphatic heterocycles. The van der Waals surface area contributed by atoms with E-state index < -0.39 is 0 Å². The Balaban J connectivity index is 1.51. The molecule has 0 atom stereocenters. The highest BCUT2D eigenvalue weighted by molar-refractivity contribution is 5.91. The number of aryl methyl sites for hydroxylation is 3. The molecular weight excluding hydrogens is 385 g/mol. The van der Waals surface area contributed by atoms with Crippen molar-refractivity contribution in [2.45, 2.75) is 40.5 Å². The van der Waals surface area contributed by atoms with Crippen LogP contribution in [-0.4, -0.2) is 35.5 Å². The minimum atomic E-state index is -0.322. The van der Waals surface area contributed by atoms with E-state index in [1.54, 1.807) is 22.2 Å². The summed E-state index contributed by atoms with van der Waals surface area (Å²) in [5, 5.41) is 20.1. The Morgan fingerprint density at radius 3 is 2.63 bits per heavy atom. The average Bonchev–Trinajstić information content (AvgIpc) is 3.21. The van der Waals surface area contributed by atoms with E-state index in [2.05, 4.69) is 25.7 Å². The van der Waals surface area contributed by atoms with Gasteiger partial charge in [0.2, 0.25) is 5.91 Å². The monoisotopic (exact) mass is 407 g/mol. The van der Waals surface area contributed by atoms with Gasteiger partial charge in [-0.2, -0.15) is 9.61 Å². The van der Waals surface area contributed by atoms with Gasteiger partial charge in [-0.1, -0.05) is 0 Å². The van der Waals surface area contributed by atoms with Gasteiger partial charge < -0.3 is 5.32 Å². The number of nitrogens with one attached hydrogen (secondary N) is 1. The van der Waals surface area contributed by atoms with E-state index in [1.165, 1.54) is 12.1 Å². The first kappa shape index (κ1) is 19.7. The molecule has 0 saturated heterocycles. The van der Waals surface area contributed by atoms with Crippen molar-refractivity contribution in [2.24, 2.45) is 0 Å². The van der Waals surface area contributed by atoms with Crippen molar-refractivity contribution in [3.63, 3.8) is 0 Å². The molecule has 154 valence electrons. The molecule has 3 heterocycles. The zero-order valence-corrected chi connectivity index (χ0v) is 17.3. The summed E-state index contributed by atoms with van der Waals surface area (Å²) >= 11 is 0. The molecule has 30 heavy (non-hydrogen) atoms. The highest BCUT2D eigenvalue weighted by Crippen LogP contribution is 2.20. The Kier molecular flexibility index (Phi) is 5.03. The van der Waals surface area contributed by atoms with Crippen molar-refractivity contribution >= 4 is 17.2 Å². The Morgan fingerprint density at radius 1 is 1.07 bits per heavy atom. The lowest BCUT2D eigenvalue weighted by molar-refractivity contribution is -0.116. The predicted octanol–water partition coefficient (Wildman–Crippen LogP) is 3.25. The number of halogens is 1. The summed E-state index contributed by atoms with van der Waals surface area (Å²) in [4.78, 5) is 12.4. The van der Waals surface area contributed by atoms with Gasteiger partial charge in [0, 0.05) is 17.8 Å². The van der Waals surface area contributed by atoms with Gasteiger partial charge in [0.25, 0.3) is 0 Å². The van der Waals surface area contributed by atoms with Crippen molar-refractivity contribution in [2.75, 3.05) is 5.32 Å². The van der Waals surface area contributed by atoms with Crippen LogP contribution in [0.1, 0.15) is 34.8 Å². The first-order valence-electron chi connectivity index (χ1n) is 9.64. The summed E-state index contributed by atoms with van der Waals surface area (Å²) in [6.07, 6.45) is 0.832. The van der Waals surface area contributed by atoms with Crippen molar-refractivity contribution in [1.82, 2.24) is 29.6 Å². The second-order valence-corrected chi connectivity index (χ2v) is 7.28. The highest BCUT2D eigenvalue weighted by atomic mass is 19.1. The van der Waals surface area contributed by atoms with Crippen LogP contribution < -0.4 is 5.32 Å². The molecular formula is C21H22FN7O. The molecule has 1 aromatic carbocycles. The van der Waals surface area contributed by atoms with Crippen LogP contribution in [0.5, 0.6) is 0 Å². The van der Waals surface area contributed by atoms with Crippen LogP contribution in [0.4, 0.5) is 10.1 Å². The van der Waals surface area contributed by atoms with Crippen molar-refractivity contribution in [1.29, 1.82) is 0 Å². The molecule has 9 heteroatoms. The Hall–Kier alpha value is -3.62. The molecule has 0 unspecified atom stereocenters. The van der Waals surface area contributed by atoms with E-state index in [0.717, 1.165) is 17.0 Å². The molecule has 0 fully saturated rings. The number of hydrogen-bond donors (Lipinski definition) is 1. The Bertz CT molecular complexity index is 1260. The molecule has 0 aliphatic rings. The molecule has 0 aliphatic carbocycles. The fourth-order valence-electron chi connectivity index (χ4n) is 3.48. The van der Waals surface area contributed by atoms with Crippen LogP contribution in [-0.2, 0) is 11.2 Å². The number of carbonyl (C=O) groups is 1. The molecule has 3 aromatic heterocycles. The lowest BCUT2D eigenvalue weighted by Crippen LogP contribution is -2.13. The summed E-state index contributed by atoms with van der Waals surface area (Å²) < 4.78 is 16.7. The molecule has 0 radical (unpaired) electrons. The maximum absolute atomic E-state index is 13.2. The van der Waals surface area contributed by atoms with Crippen LogP contribution in [0.25, 0.3) is 11.5 Å². The predicted molar refractivity (Wildman–Crippen MR) is 110 cm³/mol. The largest absolute Gasteiger partial charge is 0.326 e. The van der Waals surface area contributed by atoms with E-state index in [4.69, 9.17) is 0 Å². The number of fused-ring (bicyclic) bond motifs is 1. The third-order valence-corrected chi connectivity index (χ3v) is 5.13. The SMILES string of the molecule is Cc1cc(F)ccc1NC(=O)CCc1c(C)nn(-c2ccc3nnc(C)n3n2)c1C. The molecule has 4 rings (SSSR count). The van der Waals surface area contributed by atoms with Gasteiger partial charge in [-0.3, -0.25) is 4.79 Å². The zero-order valence-electron chi connectivity index (χ0n) is 17.3. The van der Waals surface area contributed by atoms with E-state index in [0.29, 0.717) is 41.4 Å². The van der Waals surface area contributed by atoms with E-state index in [-0.39, 0.29) is 11.7 Å².